The van der Waals surface area contributed by atoms with Crippen molar-refractivity contribution in [1.29, 1.82) is 0 Å². The van der Waals surface area contributed by atoms with Crippen molar-refractivity contribution in [3.05, 3.63) is 11.4 Å². The molecule has 122 valence electrons. The van der Waals surface area contributed by atoms with Crippen LogP contribution in [0, 0.1) is 0 Å². The molecule has 8 nitrogen and oxygen atoms in total. The van der Waals surface area contributed by atoms with Gasteiger partial charge in [-0.25, -0.2) is 9.48 Å². The van der Waals surface area contributed by atoms with Crippen molar-refractivity contribution >= 4 is 12.1 Å². The smallest absolute Gasteiger partial charge is 0.410 e. The second-order valence-electron chi connectivity index (χ2n) is 6.17. The molecule has 0 aliphatic carbocycles. The van der Waals surface area contributed by atoms with E-state index in [0.29, 0.717) is 17.9 Å². The Balaban J connectivity index is 2.29. The number of carbonyl (C=O) groups excluding carboxylic acids is 2. The monoisotopic (exact) mass is 310 g/mol. The molecule has 1 amide bonds. The molecule has 8 heteroatoms. The SMILES string of the molecule is CCn1nnc2c1C(C(=O)OC)CN(C(=O)OC(C)(C)C)C2. The van der Waals surface area contributed by atoms with E-state index in [9.17, 15) is 9.59 Å². The number of rotatable bonds is 2. The highest BCUT2D eigenvalue weighted by atomic mass is 16.6. The van der Waals surface area contributed by atoms with Crippen LogP contribution in [0.15, 0.2) is 0 Å². The normalized spacial score (nSPS) is 17.9. The minimum absolute atomic E-state index is 0.196. The molecule has 0 N–H and O–H groups in total. The Hall–Kier alpha value is -2.12. The zero-order valence-electron chi connectivity index (χ0n) is 13.6. The Morgan fingerprint density at radius 2 is 2.05 bits per heavy atom. The molecule has 0 bridgehead atoms. The minimum Gasteiger partial charge on any atom is -0.468 e. The van der Waals surface area contributed by atoms with Gasteiger partial charge in [0, 0.05) is 13.1 Å². The van der Waals surface area contributed by atoms with Crippen molar-refractivity contribution in [1.82, 2.24) is 19.9 Å². The Kier molecular flexibility index (Phi) is 4.39. The zero-order valence-corrected chi connectivity index (χ0v) is 13.6. The van der Waals surface area contributed by atoms with Crippen molar-refractivity contribution in [2.75, 3.05) is 13.7 Å². The molecular weight excluding hydrogens is 288 g/mol. The largest absolute Gasteiger partial charge is 0.468 e. The molecule has 0 spiro atoms. The number of esters is 1. The Morgan fingerprint density at radius 1 is 1.36 bits per heavy atom. The second-order valence-corrected chi connectivity index (χ2v) is 6.17. The summed E-state index contributed by atoms with van der Waals surface area (Å²) in [6.07, 6.45) is -0.474. The number of aryl methyl sites for hydroxylation is 1. The van der Waals surface area contributed by atoms with Gasteiger partial charge in [0.25, 0.3) is 0 Å². The number of methoxy groups -OCH3 is 1. The molecule has 0 saturated heterocycles. The lowest BCUT2D eigenvalue weighted by Gasteiger charge is -2.32. The third-order valence-electron chi connectivity index (χ3n) is 3.36. The fraction of sp³-hybridized carbons (Fsp3) is 0.714. The summed E-state index contributed by atoms with van der Waals surface area (Å²) in [6, 6.07) is 0. The fourth-order valence-electron chi connectivity index (χ4n) is 2.43. The predicted octanol–water partition coefficient (Wildman–Crippen LogP) is 1.31. The van der Waals surface area contributed by atoms with Gasteiger partial charge in [0.15, 0.2) is 0 Å². The molecule has 2 rings (SSSR count). The van der Waals surface area contributed by atoms with E-state index < -0.39 is 23.6 Å². The van der Waals surface area contributed by atoms with Gasteiger partial charge in [-0.2, -0.15) is 0 Å². The van der Waals surface area contributed by atoms with Gasteiger partial charge in [0.05, 0.1) is 19.3 Å². The number of carbonyl (C=O) groups is 2. The van der Waals surface area contributed by atoms with Gasteiger partial charge in [-0.1, -0.05) is 5.21 Å². The summed E-state index contributed by atoms with van der Waals surface area (Å²) >= 11 is 0. The van der Waals surface area contributed by atoms with Crippen LogP contribution in [0.4, 0.5) is 4.79 Å². The number of hydrogen-bond acceptors (Lipinski definition) is 6. The average molecular weight is 310 g/mol. The third-order valence-corrected chi connectivity index (χ3v) is 3.36. The maximum Gasteiger partial charge on any atom is 0.410 e. The molecule has 0 radical (unpaired) electrons. The molecule has 1 atom stereocenters. The predicted molar refractivity (Wildman–Crippen MR) is 77.1 cm³/mol. The molecule has 1 unspecified atom stereocenters. The van der Waals surface area contributed by atoms with Crippen LogP contribution >= 0.6 is 0 Å². The van der Waals surface area contributed by atoms with Gasteiger partial charge in [0.2, 0.25) is 0 Å². The maximum absolute atomic E-state index is 12.3. The summed E-state index contributed by atoms with van der Waals surface area (Å²) in [7, 11) is 1.33. The van der Waals surface area contributed by atoms with Crippen LogP contribution in [0.2, 0.25) is 0 Å². The van der Waals surface area contributed by atoms with Gasteiger partial charge in [-0.15, -0.1) is 5.10 Å². The van der Waals surface area contributed by atoms with Gasteiger partial charge in [0.1, 0.15) is 17.2 Å². The first-order chi connectivity index (χ1) is 10.3. The third kappa shape index (κ3) is 3.20. The van der Waals surface area contributed by atoms with Gasteiger partial charge < -0.3 is 14.4 Å². The zero-order chi connectivity index (χ0) is 16.5. The molecular formula is C14H22N4O4. The highest BCUT2D eigenvalue weighted by Gasteiger charge is 2.38. The topological polar surface area (TPSA) is 86.6 Å². The average Bonchev–Trinajstić information content (AvgIpc) is 2.86. The van der Waals surface area contributed by atoms with Gasteiger partial charge in [-0.3, -0.25) is 4.79 Å². The first-order valence-electron chi connectivity index (χ1n) is 7.24. The van der Waals surface area contributed by atoms with E-state index in [1.54, 1.807) is 25.5 Å². The van der Waals surface area contributed by atoms with Crippen molar-refractivity contribution in [3.8, 4) is 0 Å². The van der Waals surface area contributed by atoms with Crippen LogP contribution in [0.25, 0.3) is 0 Å². The molecule has 2 heterocycles. The van der Waals surface area contributed by atoms with Gasteiger partial charge >= 0.3 is 12.1 Å². The Bertz CT molecular complexity index is 576. The minimum atomic E-state index is -0.601. The maximum atomic E-state index is 12.3. The Labute approximate surface area is 129 Å². The first-order valence-corrected chi connectivity index (χ1v) is 7.24. The van der Waals surface area contributed by atoms with Crippen LogP contribution in [0.1, 0.15) is 45.0 Å². The number of hydrogen-bond donors (Lipinski definition) is 0. The fourth-order valence-corrected chi connectivity index (χ4v) is 2.43. The summed E-state index contributed by atoms with van der Waals surface area (Å²) in [4.78, 5) is 25.8. The molecule has 1 aromatic heterocycles. The summed E-state index contributed by atoms with van der Waals surface area (Å²) in [6.45, 7) is 8.38. The Morgan fingerprint density at radius 3 is 2.59 bits per heavy atom. The molecule has 0 saturated carbocycles. The summed E-state index contributed by atoms with van der Waals surface area (Å²) in [5.41, 5.74) is 0.725. The molecule has 0 aromatic carbocycles. The van der Waals surface area contributed by atoms with Crippen LogP contribution in [-0.2, 0) is 27.4 Å². The number of fused-ring (bicyclic) bond motifs is 1. The van der Waals surface area contributed by atoms with Crippen molar-refractivity contribution in [2.24, 2.45) is 0 Å². The molecule has 22 heavy (non-hydrogen) atoms. The van der Waals surface area contributed by atoms with E-state index in [1.165, 1.54) is 12.0 Å². The second kappa shape index (κ2) is 5.94. The lowest BCUT2D eigenvalue weighted by atomic mass is 9.98. The summed E-state index contributed by atoms with van der Waals surface area (Å²) in [5.74, 6) is -1.01. The van der Waals surface area contributed by atoms with Crippen LogP contribution in [-0.4, -0.2) is 51.2 Å². The van der Waals surface area contributed by atoms with Crippen LogP contribution in [0.5, 0.6) is 0 Å². The van der Waals surface area contributed by atoms with Gasteiger partial charge in [-0.05, 0) is 27.7 Å². The summed E-state index contributed by atoms with van der Waals surface area (Å²) < 4.78 is 11.9. The molecule has 1 aliphatic rings. The van der Waals surface area contributed by atoms with Crippen molar-refractivity contribution in [3.63, 3.8) is 0 Å². The van der Waals surface area contributed by atoms with Crippen molar-refractivity contribution < 1.29 is 19.1 Å². The molecule has 1 aromatic rings. The molecule has 0 fully saturated rings. The van der Waals surface area contributed by atoms with E-state index in [0.717, 1.165) is 0 Å². The number of nitrogens with zero attached hydrogens (tertiary/aromatic N) is 4. The highest BCUT2D eigenvalue weighted by Crippen LogP contribution is 2.29. The number of amides is 1. The summed E-state index contributed by atoms with van der Waals surface area (Å²) in [5, 5.41) is 8.11. The quantitative estimate of drug-likeness (QED) is 0.765. The van der Waals surface area contributed by atoms with Crippen molar-refractivity contribution in [2.45, 2.75) is 52.3 Å². The first kappa shape index (κ1) is 16.3. The number of ether oxygens (including phenoxy) is 2. The van der Waals surface area contributed by atoms with E-state index in [2.05, 4.69) is 10.3 Å². The lowest BCUT2D eigenvalue weighted by molar-refractivity contribution is -0.143. The van der Waals surface area contributed by atoms with Crippen LogP contribution < -0.4 is 0 Å². The highest BCUT2D eigenvalue weighted by molar-refractivity contribution is 5.80. The standard InChI is InChI=1S/C14H22N4O4/c1-6-18-11-9(12(19)21-5)7-17(8-10(11)15-16-18)13(20)22-14(2,3)4/h9H,6-8H2,1-5H3. The van der Waals surface area contributed by atoms with E-state index >= 15 is 0 Å². The number of aromatic nitrogens is 3. The van der Waals surface area contributed by atoms with E-state index in [1.807, 2.05) is 6.92 Å². The lowest BCUT2D eigenvalue weighted by Crippen LogP contribution is -2.44. The van der Waals surface area contributed by atoms with Crippen LogP contribution in [0.3, 0.4) is 0 Å². The molecule has 1 aliphatic heterocycles. The van der Waals surface area contributed by atoms with E-state index in [-0.39, 0.29) is 13.1 Å². The van der Waals surface area contributed by atoms with E-state index in [4.69, 9.17) is 9.47 Å².